The highest BCUT2D eigenvalue weighted by molar-refractivity contribution is 6.93. The molecule has 2 aromatic rings. The SMILES string of the molecule is CN(c1ccccn1)[Si](C)(C)c1cccc(C(C)(C)C)c1O. The minimum atomic E-state index is -2.06. The van der Waals surface area contributed by atoms with Crippen molar-refractivity contribution in [3.63, 3.8) is 0 Å². The molecule has 0 saturated carbocycles. The third kappa shape index (κ3) is 3.02. The van der Waals surface area contributed by atoms with Gasteiger partial charge in [0.05, 0.1) is 0 Å². The zero-order valence-electron chi connectivity index (χ0n) is 14.4. The smallest absolute Gasteiger partial charge is 0.187 e. The van der Waals surface area contributed by atoms with Gasteiger partial charge in [-0.15, -0.1) is 0 Å². The topological polar surface area (TPSA) is 36.4 Å². The summed E-state index contributed by atoms with van der Waals surface area (Å²) in [6, 6.07) is 12.1. The number of hydrogen-bond donors (Lipinski definition) is 1. The van der Waals surface area contributed by atoms with E-state index >= 15 is 0 Å². The number of benzene rings is 1. The van der Waals surface area contributed by atoms with Gasteiger partial charge in [0.1, 0.15) is 11.6 Å². The van der Waals surface area contributed by atoms with Gasteiger partial charge < -0.3 is 9.67 Å². The van der Waals surface area contributed by atoms with E-state index in [1.54, 1.807) is 0 Å². The lowest BCUT2D eigenvalue weighted by atomic mass is 9.86. The molecule has 0 fully saturated rings. The lowest BCUT2D eigenvalue weighted by Crippen LogP contribution is -2.57. The van der Waals surface area contributed by atoms with Crippen LogP contribution in [0.2, 0.25) is 13.1 Å². The summed E-state index contributed by atoms with van der Waals surface area (Å²) in [4.78, 5) is 4.45. The Morgan fingerprint density at radius 2 is 1.73 bits per heavy atom. The molecule has 0 aliphatic heterocycles. The highest BCUT2D eigenvalue weighted by atomic mass is 28.3. The van der Waals surface area contributed by atoms with Gasteiger partial charge in [0.15, 0.2) is 8.24 Å². The standard InChI is InChI=1S/C18H26N2OSi/c1-18(2,3)14-10-9-11-15(17(14)21)22(5,6)20(4)16-12-7-8-13-19-16/h7-13,21H,1-6H3. The summed E-state index contributed by atoms with van der Waals surface area (Å²) in [6.07, 6.45) is 1.81. The molecule has 1 aromatic heterocycles. The first-order chi connectivity index (χ1) is 10.2. The molecule has 0 unspecified atom stereocenters. The third-order valence-corrected chi connectivity index (χ3v) is 7.96. The summed E-state index contributed by atoms with van der Waals surface area (Å²) < 4.78 is 2.23. The van der Waals surface area contributed by atoms with Crippen LogP contribution in [0.25, 0.3) is 0 Å². The van der Waals surface area contributed by atoms with E-state index in [1.807, 2.05) is 30.5 Å². The Kier molecular flexibility index (Phi) is 4.34. The van der Waals surface area contributed by atoms with Gasteiger partial charge in [0.25, 0.3) is 0 Å². The summed E-state index contributed by atoms with van der Waals surface area (Å²) in [7, 11) is 0.00967. The molecule has 0 radical (unpaired) electrons. The number of para-hydroxylation sites is 1. The third-order valence-electron chi connectivity index (χ3n) is 4.33. The zero-order chi connectivity index (χ0) is 16.5. The fraction of sp³-hybridized carbons (Fsp3) is 0.389. The number of aromatic hydroxyl groups is 1. The Labute approximate surface area is 134 Å². The number of hydrogen-bond acceptors (Lipinski definition) is 3. The Hall–Kier alpha value is -1.81. The van der Waals surface area contributed by atoms with Crippen LogP contribution in [0.15, 0.2) is 42.6 Å². The first-order valence-corrected chi connectivity index (χ1v) is 10.6. The van der Waals surface area contributed by atoms with Crippen molar-refractivity contribution < 1.29 is 5.11 Å². The van der Waals surface area contributed by atoms with Crippen LogP contribution in [0.3, 0.4) is 0 Å². The minimum Gasteiger partial charge on any atom is -0.508 e. The van der Waals surface area contributed by atoms with E-state index < -0.39 is 8.24 Å². The van der Waals surface area contributed by atoms with E-state index in [0.717, 1.165) is 16.6 Å². The molecule has 0 saturated heterocycles. The van der Waals surface area contributed by atoms with E-state index in [1.165, 1.54) is 0 Å². The average molecular weight is 315 g/mol. The van der Waals surface area contributed by atoms with Crippen molar-refractivity contribution in [2.75, 3.05) is 11.6 Å². The molecule has 4 heteroatoms. The first-order valence-electron chi connectivity index (χ1n) is 7.63. The predicted molar refractivity (Wildman–Crippen MR) is 96.6 cm³/mol. The molecule has 0 bridgehead atoms. The normalized spacial score (nSPS) is 12.3. The second kappa shape index (κ2) is 5.76. The van der Waals surface area contributed by atoms with E-state index in [0.29, 0.717) is 5.75 Å². The molecule has 0 aliphatic rings. The average Bonchev–Trinajstić information content (AvgIpc) is 2.46. The molecule has 0 atom stereocenters. The molecule has 3 nitrogen and oxygen atoms in total. The molecule has 1 aromatic carbocycles. The van der Waals surface area contributed by atoms with E-state index in [4.69, 9.17) is 0 Å². The monoisotopic (exact) mass is 314 g/mol. The van der Waals surface area contributed by atoms with Gasteiger partial charge in [-0.1, -0.05) is 45.0 Å². The molecule has 1 N–H and O–H groups in total. The first kappa shape index (κ1) is 16.6. The highest BCUT2D eigenvalue weighted by Gasteiger charge is 2.34. The quantitative estimate of drug-likeness (QED) is 0.879. The fourth-order valence-electron chi connectivity index (χ4n) is 2.66. The van der Waals surface area contributed by atoms with Gasteiger partial charge in [0.2, 0.25) is 0 Å². The van der Waals surface area contributed by atoms with Crippen LogP contribution >= 0.6 is 0 Å². The van der Waals surface area contributed by atoms with Gasteiger partial charge in [-0.05, 0) is 43.3 Å². The van der Waals surface area contributed by atoms with Gasteiger partial charge >= 0.3 is 0 Å². The van der Waals surface area contributed by atoms with Crippen molar-refractivity contribution in [3.05, 3.63) is 48.2 Å². The Morgan fingerprint density at radius 1 is 1.05 bits per heavy atom. The molecule has 1 heterocycles. The molecule has 0 aliphatic carbocycles. The van der Waals surface area contributed by atoms with E-state index in [9.17, 15) is 5.11 Å². The maximum atomic E-state index is 10.8. The molecule has 0 amide bonds. The molecular weight excluding hydrogens is 288 g/mol. The van der Waals surface area contributed by atoms with Gasteiger partial charge in [-0.25, -0.2) is 4.98 Å². The minimum absolute atomic E-state index is 0.0753. The van der Waals surface area contributed by atoms with Gasteiger partial charge in [-0.3, -0.25) is 0 Å². The molecule has 118 valence electrons. The van der Waals surface area contributed by atoms with Crippen LogP contribution in [-0.4, -0.2) is 25.4 Å². The van der Waals surface area contributed by atoms with E-state index in [2.05, 4.69) is 62.6 Å². The van der Waals surface area contributed by atoms with Crippen LogP contribution < -0.4 is 9.75 Å². The summed E-state index contributed by atoms with van der Waals surface area (Å²) in [5.41, 5.74) is 0.925. The summed E-state index contributed by atoms with van der Waals surface area (Å²) in [5.74, 6) is 1.38. The molecule has 0 spiro atoms. The van der Waals surface area contributed by atoms with Crippen molar-refractivity contribution in [2.24, 2.45) is 0 Å². The Balaban J connectivity index is 2.50. The van der Waals surface area contributed by atoms with Crippen LogP contribution in [0.4, 0.5) is 5.82 Å². The highest BCUT2D eigenvalue weighted by Crippen LogP contribution is 2.31. The second-order valence-electron chi connectivity index (χ2n) is 7.26. The van der Waals surface area contributed by atoms with E-state index in [-0.39, 0.29) is 5.41 Å². The summed E-state index contributed by atoms with van der Waals surface area (Å²) in [5, 5.41) is 11.9. The van der Waals surface area contributed by atoms with Gasteiger partial charge in [0, 0.05) is 11.4 Å². The fourth-order valence-corrected chi connectivity index (χ4v) is 4.95. The number of nitrogens with zero attached hydrogens (tertiary/aromatic N) is 2. The molecule has 22 heavy (non-hydrogen) atoms. The summed E-state index contributed by atoms with van der Waals surface area (Å²) >= 11 is 0. The number of pyridine rings is 1. The Morgan fingerprint density at radius 3 is 2.27 bits per heavy atom. The second-order valence-corrected chi connectivity index (χ2v) is 11.6. The predicted octanol–water partition coefficient (Wildman–Crippen LogP) is 3.63. The van der Waals surface area contributed by atoms with Crippen LogP contribution in [-0.2, 0) is 5.41 Å². The van der Waals surface area contributed by atoms with Crippen molar-refractivity contribution in [1.82, 2.24) is 4.98 Å². The lowest BCUT2D eigenvalue weighted by molar-refractivity contribution is 0.450. The largest absolute Gasteiger partial charge is 0.508 e. The van der Waals surface area contributed by atoms with Crippen LogP contribution in [0.5, 0.6) is 5.75 Å². The van der Waals surface area contributed by atoms with Crippen LogP contribution in [0.1, 0.15) is 26.3 Å². The molecule has 2 rings (SSSR count). The number of phenolic OH excluding ortho intramolecular Hbond substituents is 1. The van der Waals surface area contributed by atoms with Crippen molar-refractivity contribution in [2.45, 2.75) is 39.3 Å². The number of anilines is 1. The lowest BCUT2D eigenvalue weighted by Gasteiger charge is -2.36. The van der Waals surface area contributed by atoms with Crippen molar-refractivity contribution in [3.8, 4) is 5.75 Å². The molecular formula is C18H26N2OSi. The van der Waals surface area contributed by atoms with Crippen molar-refractivity contribution >= 4 is 19.2 Å². The summed E-state index contributed by atoms with van der Waals surface area (Å²) in [6.45, 7) is 10.9. The van der Waals surface area contributed by atoms with Crippen molar-refractivity contribution in [1.29, 1.82) is 0 Å². The maximum absolute atomic E-state index is 10.8. The van der Waals surface area contributed by atoms with Crippen LogP contribution in [0, 0.1) is 0 Å². The zero-order valence-corrected chi connectivity index (χ0v) is 15.4. The maximum Gasteiger partial charge on any atom is 0.187 e. The number of phenols is 1. The number of aromatic nitrogens is 1. The number of rotatable bonds is 3. The Bertz CT molecular complexity index is 648. The van der Waals surface area contributed by atoms with Gasteiger partial charge in [-0.2, -0.15) is 0 Å².